The van der Waals surface area contributed by atoms with Crippen molar-refractivity contribution >= 4 is 23.2 Å². The quantitative estimate of drug-likeness (QED) is 0.814. The second-order valence-electron chi connectivity index (χ2n) is 3.58. The molecular formula is C11H16ClN3O. The molecule has 0 aromatic heterocycles. The predicted octanol–water partition coefficient (Wildman–Crippen LogP) is 1.17. The fourth-order valence-electron chi connectivity index (χ4n) is 1.31. The molecule has 0 aliphatic rings. The van der Waals surface area contributed by atoms with Gasteiger partial charge in [0.15, 0.2) is 0 Å². The minimum absolute atomic E-state index is 0.0711. The molecule has 0 radical (unpaired) electrons. The Balaban J connectivity index is 2.45. The number of nitrogens with one attached hydrogen (secondary N) is 1. The first-order valence-electron chi connectivity index (χ1n) is 5.06. The SMILES string of the molecule is CN(CCN)CC(=O)Nc1cccc(Cl)c1. The van der Waals surface area contributed by atoms with Gasteiger partial charge in [-0.2, -0.15) is 0 Å². The van der Waals surface area contributed by atoms with Gasteiger partial charge in [-0.3, -0.25) is 9.69 Å². The number of nitrogens with zero attached hydrogens (tertiary/aromatic N) is 1. The first kappa shape index (κ1) is 13.0. The summed E-state index contributed by atoms with van der Waals surface area (Å²) in [5, 5.41) is 3.37. The van der Waals surface area contributed by atoms with Crippen molar-refractivity contribution in [1.82, 2.24) is 4.90 Å². The van der Waals surface area contributed by atoms with Crippen LogP contribution in [-0.2, 0) is 4.79 Å². The Bertz CT molecular complexity index is 357. The molecular weight excluding hydrogens is 226 g/mol. The molecule has 0 bridgehead atoms. The normalized spacial score (nSPS) is 10.5. The Morgan fingerprint density at radius 3 is 2.94 bits per heavy atom. The smallest absolute Gasteiger partial charge is 0.238 e. The third kappa shape index (κ3) is 4.61. The molecule has 0 saturated heterocycles. The average molecular weight is 242 g/mol. The fourth-order valence-corrected chi connectivity index (χ4v) is 1.50. The van der Waals surface area contributed by atoms with E-state index in [2.05, 4.69) is 5.32 Å². The largest absolute Gasteiger partial charge is 0.329 e. The van der Waals surface area contributed by atoms with Crippen molar-refractivity contribution in [3.63, 3.8) is 0 Å². The topological polar surface area (TPSA) is 58.4 Å². The number of amides is 1. The van der Waals surface area contributed by atoms with Gasteiger partial charge in [0.1, 0.15) is 0 Å². The number of benzene rings is 1. The molecule has 0 heterocycles. The minimum Gasteiger partial charge on any atom is -0.329 e. The van der Waals surface area contributed by atoms with Gasteiger partial charge in [0.25, 0.3) is 0 Å². The number of nitrogens with two attached hydrogens (primary N) is 1. The Morgan fingerprint density at radius 1 is 1.56 bits per heavy atom. The van der Waals surface area contributed by atoms with E-state index >= 15 is 0 Å². The molecule has 1 aromatic carbocycles. The highest BCUT2D eigenvalue weighted by molar-refractivity contribution is 6.30. The second-order valence-corrected chi connectivity index (χ2v) is 4.02. The van der Waals surface area contributed by atoms with E-state index in [1.54, 1.807) is 24.3 Å². The Labute approximate surface area is 100 Å². The number of halogens is 1. The van der Waals surface area contributed by atoms with Crippen molar-refractivity contribution in [2.75, 3.05) is 32.0 Å². The lowest BCUT2D eigenvalue weighted by Crippen LogP contribution is -2.33. The summed E-state index contributed by atoms with van der Waals surface area (Å²) in [6, 6.07) is 7.06. The molecule has 88 valence electrons. The molecule has 0 atom stereocenters. The van der Waals surface area contributed by atoms with E-state index < -0.39 is 0 Å². The molecule has 1 amide bonds. The zero-order valence-electron chi connectivity index (χ0n) is 9.24. The van der Waals surface area contributed by atoms with Crippen LogP contribution >= 0.6 is 11.6 Å². The number of hydrogen-bond acceptors (Lipinski definition) is 3. The molecule has 5 heteroatoms. The summed E-state index contributed by atoms with van der Waals surface area (Å²) in [4.78, 5) is 13.4. The zero-order valence-corrected chi connectivity index (χ0v) is 10.00. The van der Waals surface area contributed by atoms with Crippen LogP contribution in [0.4, 0.5) is 5.69 Å². The van der Waals surface area contributed by atoms with E-state index in [1.165, 1.54) is 0 Å². The standard InChI is InChI=1S/C11H16ClN3O/c1-15(6-5-13)8-11(16)14-10-4-2-3-9(12)7-10/h2-4,7H,5-6,8,13H2,1H3,(H,14,16). The predicted molar refractivity (Wildman–Crippen MR) is 66.6 cm³/mol. The molecule has 0 fully saturated rings. The van der Waals surface area contributed by atoms with E-state index in [-0.39, 0.29) is 5.91 Å². The fraction of sp³-hybridized carbons (Fsp3) is 0.364. The lowest BCUT2D eigenvalue weighted by Gasteiger charge is -2.14. The molecule has 0 saturated carbocycles. The highest BCUT2D eigenvalue weighted by Gasteiger charge is 2.05. The maximum Gasteiger partial charge on any atom is 0.238 e. The van der Waals surface area contributed by atoms with Crippen molar-refractivity contribution in [3.8, 4) is 0 Å². The molecule has 3 N–H and O–H groups in total. The van der Waals surface area contributed by atoms with Gasteiger partial charge in [-0.25, -0.2) is 0 Å². The van der Waals surface area contributed by atoms with Crippen molar-refractivity contribution < 1.29 is 4.79 Å². The highest BCUT2D eigenvalue weighted by atomic mass is 35.5. The van der Waals surface area contributed by atoms with E-state index in [0.29, 0.717) is 30.3 Å². The molecule has 0 aliphatic heterocycles. The van der Waals surface area contributed by atoms with Crippen molar-refractivity contribution in [1.29, 1.82) is 0 Å². The van der Waals surface area contributed by atoms with Crippen LogP contribution in [-0.4, -0.2) is 37.5 Å². The van der Waals surface area contributed by atoms with Crippen molar-refractivity contribution in [2.24, 2.45) is 5.73 Å². The van der Waals surface area contributed by atoms with Crippen LogP contribution in [0.5, 0.6) is 0 Å². The molecule has 0 spiro atoms. The van der Waals surface area contributed by atoms with Crippen LogP contribution in [0, 0.1) is 0 Å². The van der Waals surface area contributed by atoms with E-state index in [4.69, 9.17) is 17.3 Å². The molecule has 4 nitrogen and oxygen atoms in total. The lowest BCUT2D eigenvalue weighted by atomic mass is 10.3. The van der Waals surface area contributed by atoms with Gasteiger partial charge in [0.05, 0.1) is 6.54 Å². The van der Waals surface area contributed by atoms with Crippen molar-refractivity contribution in [3.05, 3.63) is 29.3 Å². The monoisotopic (exact) mass is 241 g/mol. The van der Waals surface area contributed by atoms with Gasteiger partial charge < -0.3 is 11.1 Å². The van der Waals surface area contributed by atoms with Gasteiger partial charge in [-0.05, 0) is 25.2 Å². The van der Waals surface area contributed by atoms with Crippen LogP contribution in [0.15, 0.2) is 24.3 Å². The number of likely N-dealkylation sites (N-methyl/N-ethyl adjacent to an activating group) is 1. The summed E-state index contributed by atoms with van der Waals surface area (Å²) in [6.07, 6.45) is 0. The third-order valence-corrected chi connectivity index (χ3v) is 2.27. The summed E-state index contributed by atoms with van der Waals surface area (Å²) >= 11 is 5.81. The summed E-state index contributed by atoms with van der Waals surface area (Å²) in [6.45, 7) is 1.56. The first-order valence-corrected chi connectivity index (χ1v) is 5.43. The Hall–Kier alpha value is -1.10. The maximum absolute atomic E-state index is 11.6. The molecule has 0 unspecified atom stereocenters. The summed E-state index contributed by atoms with van der Waals surface area (Å²) in [5.41, 5.74) is 6.09. The van der Waals surface area contributed by atoms with Crippen LogP contribution < -0.4 is 11.1 Å². The second kappa shape index (κ2) is 6.48. The van der Waals surface area contributed by atoms with Crippen molar-refractivity contribution in [2.45, 2.75) is 0 Å². The van der Waals surface area contributed by atoms with Gasteiger partial charge >= 0.3 is 0 Å². The van der Waals surface area contributed by atoms with E-state index in [1.807, 2.05) is 11.9 Å². The zero-order chi connectivity index (χ0) is 12.0. The summed E-state index contributed by atoms with van der Waals surface area (Å²) in [5.74, 6) is -0.0711. The molecule has 1 aromatic rings. The van der Waals surface area contributed by atoms with Gasteiger partial charge in [0, 0.05) is 23.8 Å². The summed E-state index contributed by atoms with van der Waals surface area (Å²) < 4.78 is 0. The Morgan fingerprint density at radius 2 is 2.31 bits per heavy atom. The van der Waals surface area contributed by atoms with Crippen LogP contribution in [0.2, 0.25) is 5.02 Å². The Kier molecular flexibility index (Phi) is 5.25. The van der Waals surface area contributed by atoms with Crippen LogP contribution in [0.1, 0.15) is 0 Å². The maximum atomic E-state index is 11.6. The lowest BCUT2D eigenvalue weighted by molar-refractivity contribution is -0.117. The van der Waals surface area contributed by atoms with Gasteiger partial charge in [0.2, 0.25) is 5.91 Å². The van der Waals surface area contributed by atoms with Gasteiger partial charge in [-0.1, -0.05) is 17.7 Å². The molecule has 16 heavy (non-hydrogen) atoms. The highest BCUT2D eigenvalue weighted by Crippen LogP contribution is 2.14. The number of carbonyl (C=O) groups excluding carboxylic acids is 1. The van der Waals surface area contributed by atoms with E-state index in [0.717, 1.165) is 0 Å². The summed E-state index contributed by atoms with van der Waals surface area (Å²) in [7, 11) is 1.85. The minimum atomic E-state index is -0.0711. The number of rotatable bonds is 5. The van der Waals surface area contributed by atoms with E-state index in [9.17, 15) is 4.79 Å². The number of anilines is 1. The molecule has 0 aliphatic carbocycles. The third-order valence-electron chi connectivity index (χ3n) is 2.03. The first-order chi connectivity index (χ1) is 7.61. The van der Waals surface area contributed by atoms with Gasteiger partial charge in [-0.15, -0.1) is 0 Å². The molecule has 1 rings (SSSR count). The van der Waals surface area contributed by atoms with Crippen LogP contribution in [0.3, 0.4) is 0 Å². The number of hydrogen-bond donors (Lipinski definition) is 2. The van der Waals surface area contributed by atoms with Crippen LogP contribution in [0.25, 0.3) is 0 Å². The number of carbonyl (C=O) groups is 1. The average Bonchev–Trinajstić information content (AvgIpc) is 2.17.